The number of carboxylic acids is 1. The average molecular weight is 343 g/mol. The van der Waals surface area contributed by atoms with E-state index in [2.05, 4.69) is 6.07 Å². The van der Waals surface area contributed by atoms with Crippen LogP contribution in [-0.4, -0.2) is 42.1 Å². The average Bonchev–Trinajstić information content (AvgIpc) is 3.13. The number of furan rings is 1. The number of piperidine rings is 1. The van der Waals surface area contributed by atoms with Gasteiger partial charge in [-0.25, -0.2) is 4.79 Å². The van der Waals surface area contributed by atoms with Gasteiger partial charge in [-0.2, -0.15) is 0 Å². The second kappa shape index (κ2) is 7.42. The third-order valence-electron chi connectivity index (χ3n) is 4.66. The fourth-order valence-corrected chi connectivity index (χ4v) is 3.24. The predicted octanol–water partition coefficient (Wildman–Crippen LogP) is 3.08. The van der Waals surface area contributed by atoms with E-state index in [9.17, 15) is 9.59 Å². The number of rotatable bonds is 5. The molecule has 0 bridgehead atoms. The molecule has 3 rings (SSSR count). The lowest BCUT2D eigenvalue weighted by atomic mass is 9.89. The van der Waals surface area contributed by atoms with Crippen molar-refractivity contribution in [3.8, 4) is 5.75 Å². The number of para-hydroxylation sites is 1. The number of carbonyl (C=O) groups is 2. The highest BCUT2D eigenvalue weighted by molar-refractivity contribution is 5.95. The Morgan fingerprint density at radius 3 is 2.64 bits per heavy atom. The van der Waals surface area contributed by atoms with E-state index in [-0.39, 0.29) is 17.2 Å². The molecule has 25 heavy (non-hydrogen) atoms. The quantitative estimate of drug-likeness (QED) is 0.902. The van der Waals surface area contributed by atoms with Crippen molar-refractivity contribution < 1.29 is 23.8 Å². The van der Waals surface area contributed by atoms with Crippen LogP contribution in [0.2, 0.25) is 0 Å². The topological polar surface area (TPSA) is 80.0 Å². The first-order valence-corrected chi connectivity index (χ1v) is 8.31. The number of aromatic carboxylic acids is 1. The van der Waals surface area contributed by atoms with Gasteiger partial charge in [0.05, 0.1) is 12.7 Å². The van der Waals surface area contributed by atoms with Crippen LogP contribution in [0.4, 0.5) is 0 Å². The molecule has 1 saturated heterocycles. The maximum absolute atomic E-state index is 12.4. The van der Waals surface area contributed by atoms with E-state index in [1.165, 1.54) is 11.6 Å². The van der Waals surface area contributed by atoms with Crippen LogP contribution in [0.1, 0.15) is 39.3 Å². The Kier molecular flexibility index (Phi) is 5.07. The SMILES string of the molecule is COc1ccccc1CC1CCN(C(=O)c2cc(C(=O)O)co2)CC1. The number of nitrogens with zero attached hydrogens (tertiary/aromatic N) is 1. The molecule has 1 amide bonds. The number of carboxylic acid groups (broad SMARTS) is 1. The second-order valence-corrected chi connectivity index (χ2v) is 6.26. The van der Waals surface area contributed by atoms with Crippen LogP contribution in [0, 0.1) is 5.92 Å². The number of hydrogen-bond donors (Lipinski definition) is 1. The molecule has 1 aliphatic rings. The number of carbonyl (C=O) groups excluding carboxylic acids is 1. The van der Waals surface area contributed by atoms with Crippen LogP contribution in [-0.2, 0) is 6.42 Å². The lowest BCUT2D eigenvalue weighted by Crippen LogP contribution is -2.38. The maximum atomic E-state index is 12.4. The molecule has 0 atom stereocenters. The van der Waals surface area contributed by atoms with Crippen LogP contribution in [0.25, 0.3) is 0 Å². The molecular formula is C19H21NO5. The third kappa shape index (κ3) is 3.84. The van der Waals surface area contributed by atoms with Crippen LogP contribution in [0.3, 0.4) is 0 Å². The number of hydrogen-bond acceptors (Lipinski definition) is 4. The first kappa shape index (κ1) is 17.1. The van der Waals surface area contributed by atoms with Crippen molar-refractivity contribution in [2.24, 2.45) is 5.92 Å². The number of ether oxygens (including phenoxy) is 1. The lowest BCUT2D eigenvalue weighted by molar-refractivity contribution is 0.0656. The summed E-state index contributed by atoms with van der Waals surface area (Å²) in [4.78, 5) is 25.0. The van der Waals surface area contributed by atoms with Crippen LogP contribution in [0.5, 0.6) is 5.75 Å². The number of benzene rings is 1. The van der Waals surface area contributed by atoms with E-state index in [1.54, 1.807) is 12.0 Å². The summed E-state index contributed by atoms with van der Waals surface area (Å²) in [7, 11) is 1.68. The van der Waals surface area contributed by atoms with Crippen molar-refractivity contribution in [2.75, 3.05) is 20.2 Å². The Morgan fingerprint density at radius 1 is 1.28 bits per heavy atom. The summed E-state index contributed by atoms with van der Waals surface area (Å²) in [6.07, 6.45) is 3.83. The Hall–Kier alpha value is -2.76. The molecule has 0 spiro atoms. The summed E-state index contributed by atoms with van der Waals surface area (Å²) < 4.78 is 10.5. The summed E-state index contributed by atoms with van der Waals surface area (Å²) >= 11 is 0. The van der Waals surface area contributed by atoms with Gasteiger partial charge in [0.1, 0.15) is 12.0 Å². The summed E-state index contributed by atoms with van der Waals surface area (Å²) in [5.74, 6) is 0.131. The smallest absolute Gasteiger partial charge is 0.338 e. The second-order valence-electron chi connectivity index (χ2n) is 6.26. The highest BCUT2D eigenvalue weighted by Gasteiger charge is 2.26. The Labute approximate surface area is 146 Å². The summed E-state index contributed by atoms with van der Waals surface area (Å²) in [6.45, 7) is 1.28. The minimum atomic E-state index is -1.10. The molecule has 0 unspecified atom stereocenters. The summed E-state index contributed by atoms with van der Waals surface area (Å²) in [6, 6.07) is 9.29. The Bertz CT molecular complexity index is 759. The molecule has 2 aromatic rings. The van der Waals surface area contributed by atoms with Crippen LogP contribution < -0.4 is 4.74 Å². The number of amides is 1. The van der Waals surface area contributed by atoms with Gasteiger partial charge < -0.3 is 19.2 Å². The molecule has 1 fully saturated rings. The Morgan fingerprint density at radius 2 is 2.00 bits per heavy atom. The standard InChI is InChI=1S/C19H21NO5/c1-24-16-5-3-2-4-14(16)10-13-6-8-20(9-7-13)18(21)17-11-15(12-25-17)19(22)23/h2-5,11-13H,6-10H2,1H3,(H,22,23). The molecule has 6 heteroatoms. The molecule has 1 aromatic heterocycles. The molecule has 0 saturated carbocycles. The Balaban J connectivity index is 1.57. The highest BCUT2D eigenvalue weighted by Crippen LogP contribution is 2.27. The fourth-order valence-electron chi connectivity index (χ4n) is 3.24. The minimum absolute atomic E-state index is 0.00518. The zero-order valence-electron chi connectivity index (χ0n) is 14.1. The molecule has 2 heterocycles. The first-order valence-electron chi connectivity index (χ1n) is 8.31. The largest absolute Gasteiger partial charge is 0.496 e. The molecule has 132 valence electrons. The molecule has 6 nitrogen and oxygen atoms in total. The van der Waals surface area contributed by atoms with Gasteiger partial charge in [-0.15, -0.1) is 0 Å². The van der Waals surface area contributed by atoms with Gasteiger partial charge in [-0.3, -0.25) is 4.79 Å². The van der Waals surface area contributed by atoms with E-state index < -0.39 is 5.97 Å². The normalized spacial score (nSPS) is 15.2. The third-order valence-corrected chi connectivity index (χ3v) is 4.66. The van der Waals surface area contributed by atoms with E-state index >= 15 is 0 Å². The van der Waals surface area contributed by atoms with Gasteiger partial charge in [-0.1, -0.05) is 18.2 Å². The van der Waals surface area contributed by atoms with E-state index in [1.807, 2.05) is 18.2 Å². The maximum Gasteiger partial charge on any atom is 0.338 e. The van der Waals surface area contributed by atoms with Crippen molar-refractivity contribution in [1.29, 1.82) is 0 Å². The van der Waals surface area contributed by atoms with Crippen molar-refractivity contribution in [3.05, 3.63) is 53.5 Å². The van der Waals surface area contributed by atoms with Gasteiger partial charge in [-0.05, 0) is 36.8 Å². The first-order chi connectivity index (χ1) is 12.1. The van der Waals surface area contributed by atoms with Crippen LogP contribution >= 0.6 is 0 Å². The molecule has 1 N–H and O–H groups in total. The van der Waals surface area contributed by atoms with Gasteiger partial charge in [0.15, 0.2) is 5.76 Å². The van der Waals surface area contributed by atoms with Crippen molar-refractivity contribution in [2.45, 2.75) is 19.3 Å². The number of likely N-dealkylation sites (tertiary alicyclic amines) is 1. The van der Waals surface area contributed by atoms with E-state index in [0.717, 1.165) is 31.3 Å². The zero-order chi connectivity index (χ0) is 17.8. The lowest BCUT2D eigenvalue weighted by Gasteiger charge is -2.31. The summed E-state index contributed by atoms with van der Waals surface area (Å²) in [5.41, 5.74) is 1.18. The van der Waals surface area contributed by atoms with Gasteiger partial charge in [0.25, 0.3) is 5.91 Å². The predicted molar refractivity (Wildman–Crippen MR) is 91.0 cm³/mol. The molecule has 1 aromatic carbocycles. The van der Waals surface area contributed by atoms with Gasteiger partial charge >= 0.3 is 5.97 Å². The highest BCUT2D eigenvalue weighted by atomic mass is 16.5. The minimum Gasteiger partial charge on any atom is -0.496 e. The van der Waals surface area contributed by atoms with Crippen molar-refractivity contribution in [1.82, 2.24) is 4.90 Å². The van der Waals surface area contributed by atoms with E-state index in [4.69, 9.17) is 14.3 Å². The zero-order valence-corrected chi connectivity index (χ0v) is 14.1. The molecule has 0 radical (unpaired) electrons. The van der Waals surface area contributed by atoms with Crippen molar-refractivity contribution >= 4 is 11.9 Å². The monoisotopic (exact) mass is 343 g/mol. The van der Waals surface area contributed by atoms with Crippen molar-refractivity contribution in [3.63, 3.8) is 0 Å². The molecular weight excluding hydrogens is 322 g/mol. The van der Waals surface area contributed by atoms with Crippen LogP contribution in [0.15, 0.2) is 41.0 Å². The fraction of sp³-hybridized carbons (Fsp3) is 0.368. The summed E-state index contributed by atoms with van der Waals surface area (Å²) in [5, 5.41) is 8.91. The molecule has 0 aliphatic carbocycles. The van der Waals surface area contributed by atoms with Gasteiger partial charge in [0.2, 0.25) is 0 Å². The van der Waals surface area contributed by atoms with Gasteiger partial charge in [0, 0.05) is 19.2 Å². The molecule has 1 aliphatic heterocycles. The van der Waals surface area contributed by atoms with E-state index in [0.29, 0.717) is 19.0 Å². The number of methoxy groups -OCH3 is 1.